The van der Waals surface area contributed by atoms with E-state index in [1.807, 2.05) is 5.38 Å². The van der Waals surface area contributed by atoms with Crippen LogP contribution in [0.25, 0.3) is 0 Å². The summed E-state index contributed by atoms with van der Waals surface area (Å²) in [6, 6.07) is 4.42. The molecule has 0 aliphatic heterocycles. The summed E-state index contributed by atoms with van der Waals surface area (Å²) < 4.78 is 5.40. The highest BCUT2D eigenvalue weighted by molar-refractivity contribution is 7.07. The highest BCUT2D eigenvalue weighted by Gasteiger charge is 2.12. The highest BCUT2D eigenvalue weighted by Crippen LogP contribution is 2.24. The van der Waals surface area contributed by atoms with Crippen LogP contribution in [0.1, 0.15) is 16.1 Å². The first-order valence-corrected chi connectivity index (χ1v) is 6.01. The smallest absolute Gasteiger partial charge is 0.339 e. The second-order valence-corrected chi connectivity index (χ2v) is 4.37. The van der Waals surface area contributed by atoms with Gasteiger partial charge in [0.15, 0.2) is 0 Å². The monoisotopic (exact) mass is 269 g/mol. The molecule has 4 nitrogen and oxygen atoms in total. The van der Waals surface area contributed by atoms with Crippen molar-refractivity contribution in [3.63, 3.8) is 0 Å². The number of carbonyl (C=O) groups is 1. The zero-order valence-electron chi connectivity index (χ0n) is 8.59. The van der Waals surface area contributed by atoms with E-state index >= 15 is 0 Å². The number of thiazole rings is 1. The molecular formula is C11H8ClNO3S. The molecule has 0 unspecified atom stereocenters. The Labute approximate surface area is 106 Å². The third-order valence-corrected chi connectivity index (χ3v) is 2.90. The predicted molar refractivity (Wildman–Crippen MR) is 64.9 cm³/mol. The summed E-state index contributed by atoms with van der Waals surface area (Å²) in [6.45, 7) is 0.226. The number of aromatic nitrogens is 1. The molecule has 17 heavy (non-hydrogen) atoms. The quantitative estimate of drug-likeness (QED) is 0.927. The van der Waals surface area contributed by atoms with Crippen molar-refractivity contribution in [2.75, 3.05) is 0 Å². The lowest BCUT2D eigenvalue weighted by Crippen LogP contribution is -2.03. The van der Waals surface area contributed by atoms with Gasteiger partial charge in [0.1, 0.15) is 17.9 Å². The van der Waals surface area contributed by atoms with Gasteiger partial charge in [-0.15, -0.1) is 11.3 Å². The third kappa shape index (κ3) is 2.95. The van der Waals surface area contributed by atoms with Crippen molar-refractivity contribution in [1.29, 1.82) is 0 Å². The Balaban J connectivity index is 2.19. The maximum Gasteiger partial charge on any atom is 0.339 e. The van der Waals surface area contributed by atoms with Gasteiger partial charge in [0.05, 0.1) is 11.2 Å². The van der Waals surface area contributed by atoms with E-state index in [9.17, 15) is 4.79 Å². The molecule has 1 aromatic heterocycles. The number of carboxylic acid groups (broad SMARTS) is 1. The van der Waals surface area contributed by atoms with E-state index in [1.54, 1.807) is 5.51 Å². The lowest BCUT2D eigenvalue weighted by atomic mass is 10.2. The number of ether oxygens (including phenoxy) is 1. The molecule has 0 saturated heterocycles. The molecule has 0 spiro atoms. The zero-order valence-corrected chi connectivity index (χ0v) is 10.2. The van der Waals surface area contributed by atoms with Gasteiger partial charge >= 0.3 is 5.97 Å². The minimum Gasteiger partial charge on any atom is -0.486 e. The van der Waals surface area contributed by atoms with Crippen LogP contribution >= 0.6 is 22.9 Å². The molecule has 1 N–H and O–H groups in total. The minimum atomic E-state index is -1.05. The molecule has 2 rings (SSSR count). The van der Waals surface area contributed by atoms with Crippen LogP contribution in [0.15, 0.2) is 29.1 Å². The first-order chi connectivity index (χ1) is 8.16. The summed E-state index contributed by atoms with van der Waals surface area (Å²) >= 11 is 7.25. The molecule has 0 aliphatic carbocycles. The van der Waals surface area contributed by atoms with Crippen LogP contribution in [0.2, 0.25) is 5.02 Å². The Kier molecular flexibility index (Phi) is 3.61. The van der Waals surface area contributed by atoms with Crippen molar-refractivity contribution in [2.45, 2.75) is 6.61 Å². The van der Waals surface area contributed by atoms with Crippen LogP contribution in [0.4, 0.5) is 0 Å². The molecule has 0 fully saturated rings. The lowest BCUT2D eigenvalue weighted by molar-refractivity contribution is 0.0691. The first-order valence-electron chi connectivity index (χ1n) is 4.69. The minimum absolute atomic E-state index is 0.0876. The van der Waals surface area contributed by atoms with Gasteiger partial charge in [-0.3, -0.25) is 0 Å². The summed E-state index contributed by atoms with van der Waals surface area (Å²) in [5.41, 5.74) is 2.53. The molecule has 6 heteroatoms. The van der Waals surface area contributed by atoms with Gasteiger partial charge in [0.25, 0.3) is 0 Å². The number of halogens is 1. The molecule has 1 aromatic carbocycles. The van der Waals surface area contributed by atoms with Crippen LogP contribution in [0, 0.1) is 0 Å². The number of nitrogens with zero attached hydrogens (tertiary/aromatic N) is 1. The zero-order chi connectivity index (χ0) is 12.3. The van der Waals surface area contributed by atoms with Crippen molar-refractivity contribution in [3.8, 4) is 5.75 Å². The third-order valence-electron chi connectivity index (χ3n) is 2.03. The molecular weight excluding hydrogens is 262 g/mol. The predicted octanol–water partition coefficient (Wildman–Crippen LogP) is 3.07. The van der Waals surface area contributed by atoms with E-state index < -0.39 is 5.97 Å². The Morgan fingerprint density at radius 2 is 2.35 bits per heavy atom. The summed E-state index contributed by atoms with van der Waals surface area (Å²) in [4.78, 5) is 15.0. The molecule has 1 heterocycles. The van der Waals surface area contributed by atoms with E-state index in [2.05, 4.69) is 4.98 Å². The van der Waals surface area contributed by atoms with Crippen LogP contribution in [0.5, 0.6) is 5.75 Å². The molecule has 0 atom stereocenters. The fourth-order valence-corrected chi connectivity index (χ4v) is 1.96. The Morgan fingerprint density at radius 3 is 3.00 bits per heavy atom. The standard InChI is InChI=1S/C11H8ClNO3S/c12-7-1-2-9(11(14)15)10(3-7)16-4-8-5-17-6-13-8/h1-3,5-6H,4H2,(H,14,15). The van der Waals surface area contributed by atoms with Gasteiger partial charge < -0.3 is 9.84 Å². The van der Waals surface area contributed by atoms with Crippen LogP contribution in [-0.4, -0.2) is 16.1 Å². The normalized spacial score (nSPS) is 10.2. The Bertz CT molecular complexity index is 528. The molecule has 0 saturated carbocycles. The fraction of sp³-hybridized carbons (Fsp3) is 0.0909. The maximum atomic E-state index is 11.0. The number of hydrogen-bond acceptors (Lipinski definition) is 4. The second-order valence-electron chi connectivity index (χ2n) is 3.21. The molecule has 0 aliphatic rings. The van der Waals surface area contributed by atoms with Crippen LogP contribution in [0.3, 0.4) is 0 Å². The average Bonchev–Trinajstić information content (AvgIpc) is 2.78. The van der Waals surface area contributed by atoms with Crippen molar-refractivity contribution in [3.05, 3.63) is 45.4 Å². The first kappa shape index (κ1) is 11.9. The van der Waals surface area contributed by atoms with Crippen molar-refractivity contribution < 1.29 is 14.6 Å². The van der Waals surface area contributed by atoms with Crippen molar-refractivity contribution in [1.82, 2.24) is 4.98 Å². The number of aromatic carboxylic acids is 1. The number of benzene rings is 1. The Hall–Kier alpha value is -1.59. The van der Waals surface area contributed by atoms with E-state index in [1.165, 1.54) is 29.5 Å². The summed E-state index contributed by atoms with van der Waals surface area (Å²) in [5.74, 6) is -0.798. The molecule has 0 radical (unpaired) electrons. The number of rotatable bonds is 4. The largest absolute Gasteiger partial charge is 0.486 e. The van der Waals surface area contributed by atoms with Gasteiger partial charge in [-0.05, 0) is 18.2 Å². The van der Waals surface area contributed by atoms with E-state index in [0.29, 0.717) is 5.02 Å². The Morgan fingerprint density at radius 1 is 1.53 bits per heavy atom. The van der Waals surface area contributed by atoms with Gasteiger partial charge in [-0.1, -0.05) is 11.6 Å². The van der Waals surface area contributed by atoms with Crippen LogP contribution in [-0.2, 0) is 6.61 Å². The second kappa shape index (κ2) is 5.16. The maximum absolute atomic E-state index is 11.0. The number of carboxylic acids is 1. The molecule has 88 valence electrons. The lowest BCUT2D eigenvalue weighted by Gasteiger charge is -2.08. The molecule has 0 amide bonds. The van der Waals surface area contributed by atoms with Crippen LogP contribution < -0.4 is 4.74 Å². The van der Waals surface area contributed by atoms with Crippen molar-refractivity contribution >= 4 is 28.9 Å². The highest BCUT2D eigenvalue weighted by atomic mass is 35.5. The van der Waals surface area contributed by atoms with E-state index in [0.717, 1.165) is 5.69 Å². The summed E-state index contributed by atoms with van der Waals surface area (Å²) in [7, 11) is 0. The number of hydrogen-bond donors (Lipinski definition) is 1. The van der Waals surface area contributed by atoms with E-state index in [-0.39, 0.29) is 17.9 Å². The van der Waals surface area contributed by atoms with Gasteiger partial charge in [0.2, 0.25) is 0 Å². The fourth-order valence-electron chi connectivity index (χ4n) is 1.25. The average molecular weight is 270 g/mol. The van der Waals surface area contributed by atoms with E-state index in [4.69, 9.17) is 21.4 Å². The van der Waals surface area contributed by atoms with Gasteiger partial charge in [0, 0.05) is 10.4 Å². The molecule has 2 aromatic rings. The summed E-state index contributed by atoms with van der Waals surface area (Å²) in [6.07, 6.45) is 0. The SMILES string of the molecule is O=C(O)c1ccc(Cl)cc1OCc1cscn1. The van der Waals surface area contributed by atoms with Crippen molar-refractivity contribution in [2.24, 2.45) is 0 Å². The van der Waals surface area contributed by atoms with Gasteiger partial charge in [-0.25, -0.2) is 9.78 Å². The topological polar surface area (TPSA) is 59.4 Å². The molecule has 0 bridgehead atoms. The van der Waals surface area contributed by atoms with Gasteiger partial charge in [-0.2, -0.15) is 0 Å². The summed E-state index contributed by atoms with van der Waals surface area (Å²) in [5, 5.41) is 11.2.